The van der Waals surface area contributed by atoms with Crippen molar-refractivity contribution >= 4 is 5.91 Å². The molecule has 0 radical (unpaired) electrons. The van der Waals surface area contributed by atoms with Crippen LogP contribution in [0.1, 0.15) is 24.5 Å². The molecule has 0 bridgehead atoms. The van der Waals surface area contributed by atoms with E-state index in [1.54, 1.807) is 0 Å². The van der Waals surface area contributed by atoms with E-state index < -0.39 is 0 Å². The zero-order valence-electron chi connectivity index (χ0n) is 12.6. The first kappa shape index (κ1) is 15.6. The molecule has 0 spiro atoms. The molecule has 0 aliphatic heterocycles. The molecule has 2 rings (SSSR count). The Balaban J connectivity index is 1.63. The number of carbonyl (C=O) groups excluding carboxylic acids is 1. The molecule has 1 aliphatic carbocycles. The summed E-state index contributed by atoms with van der Waals surface area (Å²) in [6.45, 7) is 7.19. The van der Waals surface area contributed by atoms with Gasteiger partial charge < -0.3 is 14.8 Å². The van der Waals surface area contributed by atoms with Gasteiger partial charge in [0.15, 0.2) is 6.61 Å². The molecule has 0 atom stereocenters. The summed E-state index contributed by atoms with van der Waals surface area (Å²) in [7, 11) is 0. The third-order valence-corrected chi connectivity index (χ3v) is 3.36. The topological polar surface area (TPSA) is 47.6 Å². The average molecular weight is 289 g/mol. The molecule has 0 heterocycles. The van der Waals surface area contributed by atoms with E-state index in [0.29, 0.717) is 19.8 Å². The van der Waals surface area contributed by atoms with E-state index in [9.17, 15) is 4.79 Å². The van der Waals surface area contributed by atoms with E-state index >= 15 is 0 Å². The third-order valence-electron chi connectivity index (χ3n) is 3.36. The number of aryl methyl sites for hydroxylation is 2. The Morgan fingerprint density at radius 1 is 1.29 bits per heavy atom. The van der Waals surface area contributed by atoms with Crippen LogP contribution in [0.5, 0.6) is 5.75 Å². The number of amides is 1. The lowest BCUT2D eigenvalue weighted by Crippen LogP contribution is -2.31. The van der Waals surface area contributed by atoms with E-state index in [1.807, 2.05) is 19.1 Å². The monoisotopic (exact) mass is 289 g/mol. The second-order valence-electron chi connectivity index (χ2n) is 5.43. The van der Waals surface area contributed by atoms with Crippen LogP contribution < -0.4 is 10.1 Å². The minimum absolute atomic E-state index is 0.0409. The molecule has 1 amide bonds. The van der Waals surface area contributed by atoms with Crippen LogP contribution in [0.4, 0.5) is 0 Å². The number of benzene rings is 1. The minimum atomic E-state index is -0.130. The van der Waals surface area contributed by atoms with Crippen molar-refractivity contribution in [3.8, 4) is 5.75 Å². The van der Waals surface area contributed by atoms with Crippen LogP contribution in [0.3, 0.4) is 0 Å². The summed E-state index contributed by atoms with van der Waals surface area (Å²) < 4.78 is 10.8. The van der Waals surface area contributed by atoms with Crippen LogP contribution >= 0.6 is 0 Å². The molecule has 21 heavy (non-hydrogen) atoms. The Kier molecular flexibility index (Phi) is 5.81. The molecule has 0 saturated heterocycles. The highest BCUT2D eigenvalue weighted by atomic mass is 16.5. The lowest BCUT2D eigenvalue weighted by Gasteiger charge is -2.09. The largest absolute Gasteiger partial charge is 0.484 e. The Morgan fingerprint density at radius 2 is 2.10 bits per heavy atom. The van der Waals surface area contributed by atoms with Crippen molar-refractivity contribution < 1.29 is 14.3 Å². The van der Waals surface area contributed by atoms with Crippen LogP contribution in [0, 0.1) is 0 Å². The Morgan fingerprint density at radius 3 is 2.90 bits per heavy atom. The molecular formula is C17H23NO3. The summed E-state index contributed by atoms with van der Waals surface area (Å²) in [5.41, 5.74) is 3.73. The number of nitrogens with one attached hydrogen (secondary N) is 1. The summed E-state index contributed by atoms with van der Waals surface area (Å²) in [5.74, 6) is 0.638. The molecule has 0 unspecified atom stereocenters. The van der Waals surface area contributed by atoms with Gasteiger partial charge in [0, 0.05) is 6.54 Å². The Labute approximate surface area is 126 Å². The number of ether oxygens (including phenoxy) is 2. The summed E-state index contributed by atoms with van der Waals surface area (Å²) in [5, 5.41) is 2.76. The van der Waals surface area contributed by atoms with Crippen LogP contribution in [0.25, 0.3) is 0 Å². The highest BCUT2D eigenvalue weighted by Gasteiger charge is 2.11. The normalized spacial score (nSPS) is 12.8. The highest BCUT2D eigenvalue weighted by molar-refractivity contribution is 5.77. The molecule has 1 aromatic carbocycles. The second kappa shape index (κ2) is 7.84. The lowest BCUT2D eigenvalue weighted by molar-refractivity contribution is -0.123. The van der Waals surface area contributed by atoms with Crippen molar-refractivity contribution in [2.75, 3.05) is 26.4 Å². The van der Waals surface area contributed by atoms with Crippen molar-refractivity contribution in [2.24, 2.45) is 0 Å². The number of rotatable bonds is 8. The first-order valence-corrected chi connectivity index (χ1v) is 7.38. The maximum Gasteiger partial charge on any atom is 0.258 e. The Hall–Kier alpha value is -1.81. The van der Waals surface area contributed by atoms with Crippen molar-refractivity contribution in [3.05, 3.63) is 41.5 Å². The lowest BCUT2D eigenvalue weighted by atomic mass is 10.1. The predicted octanol–water partition coefficient (Wildman–Crippen LogP) is 2.26. The number of hydrogen-bond acceptors (Lipinski definition) is 3. The van der Waals surface area contributed by atoms with Gasteiger partial charge in [-0.3, -0.25) is 4.79 Å². The number of carbonyl (C=O) groups is 1. The van der Waals surface area contributed by atoms with E-state index in [-0.39, 0.29) is 12.5 Å². The van der Waals surface area contributed by atoms with E-state index in [1.165, 1.54) is 17.5 Å². The molecule has 1 aromatic rings. The van der Waals surface area contributed by atoms with Crippen LogP contribution in [0.15, 0.2) is 30.4 Å². The van der Waals surface area contributed by atoms with Crippen molar-refractivity contribution in [1.82, 2.24) is 5.32 Å². The molecule has 0 saturated carbocycles. The van der Waals surface area contributed by atoms with Crippen LogP contribution in [-0.2, 0) is 22.4 Å². The van der Waals surface area contributed by atoms with Crippen molar-refractivity contribution in [1.29, 1.82) is 0 Å². The fraction of sp³-hybridized carbons (Fsp3) is 0.471. The molecule has 4 nitrogen and oxygen atoms in total. The van der Waals surface area contributed by atoms with E-state index in [4.69, 9.17) is 9.47 Å². The molecule has 1 N–H and O–H groups in total. The van der Waals surface area contributed by atoms with Gasteiger partial charge in [-0.25, -0.2) is 0 Å². The smallest absolute Gasteiger partial charge is 0.258 e. The average Bonchev–Trinajstić information content (AvgIpc) is 2.92. The quantitative estimate of drug-likeness (QED) is 0.590. The van der Waals surface area contributed by atoms with Gasteiger partial charge in [-0.15, -0.1) is 0 Å². The van der Waals surface area contributed by atoms with Gasteiger partial charge in [0.05, 0.1) is 13.2 Å². The van der Waals surface area contributed by atoms with Crippen molar-refractivity contribution in [2.45, 2.75) is 26.2 Å². The minimum Gasteiger partial charge on any atom is -0.484 e. The second-order valence-corrected chi connectivity index (χ2v) is 5.43. The fourth-order valence-electron chi connectivity index (χ4n) is 2.35. The van der Waals surface area contributed by atoms with Crippen LogP contribution in [0.2, 0.25) is 0 Å². The van der Waals surface area contributed by atoms with Gasteiger partial charge in [0.25, 0.3) is 5.91 Å². The molecule has 0 aromatic heterocycles. The summed E-state index contributed by atoms with van der Waals surface area (Å²) in [4.78, 5) is 11.6. The maximum atomic E-state index is 11.6. The first-order chi connectivity index (χ1) is 10.1. The van der Waals surface area contributed by atoms with Gasteiger partial charge in [-0.2, -0.15) is 0 Å². The molecule has 0 fully saturated rings. The van der Waals surface area contributed by atoms with Crippen LogP contribution in [-0.4, -0.2) is 32.3 Å². The van der Waals surface area contributed by atoms with Gasteiger partial charge >= 0.3 is 0 Å². The number of fused-ring (bicyclic) bond motifs is 1. The summed E-state index contributed by atoms with van der Waals surface area (Å²) in [6, 6.07) is 6.08. The predicted molar refractivity (Wildman–Crippen MR) is 82.6 cm³/mol. The Bertz CT molecular complexity index is 511. The SMILES string of the molecule is C=C(C)COCCNC(=O)COc1ccc2c(c1)CCC2. The first-order valence-electron chi connectivity index (χ1n) is 7.38. The molecule has 114 valence electrons. The van der Waals surface area contributed by atoms with E-state index in [2.05, 4.69) is 18.0 Å². The standard InChI is InChI=1S/C17H23NO3/c1-13(2)11-20-9-8-18-17(19)12-21-16-7-6-14-4-3-5-15(14)10-16/h6-7,10H,1,3-5,8-9,11-12H2,2H3,(H,18,19). The highest BCUT2D eigenvalue weighted by Crippen LogP contribution is 2.25. The molecular weight excluding hydrogens is 266 g/mol. The maximum absolute atomic E-state index is 11.6. The van der Waals surface area contributed by atoms with Crippen molar-refractivity contribution in [3.63, 3.8) is 0 Å². The zero-order chi connectivity index (χ0) is 15.1. The molecule has 4 heteroatoms. The molecule has 1 aliphatic rings. The van der Waals surface area contributed by atoms with E-state index in [0.717, 1.165) is 24.2 Å². The summed E-state index contributed by atoms with van der Waals surface area (Å²) in [6.07, 6.45) is 3.47. The number of hydrogen-bond donors (Lipinski definition) is 1. The fourth-order valence-corrected chi connectivity index (χ4v) is 2.35. The van der Waals surface area contributed by atoms with Gasteiger partial charge in [0.2, 0.25) is 0 Å². The summed E-state index contributed by atoms with van der Waals surface area (Å²) >= 11 is 0. The van der Waals surface area contributed by atoms with Gasteiger partial charge in [-0.05, 0) is 49.4 Å². The van der Waals surface area contributed by atoms with Gasteiger partial charge in [-0.1, -0.05) is 18.2 Å². The third kappa shape index (κ3) is 5.23. The zero-order valence-corrected chi connectivity index (χ0v) is 12.6. The van der Waals surface area contributed by atoms with Gasteiger partial charge in [0.1, 0.15) is 5.75 Å².